The van der Waals surface area contributed by atoms with Crippen LogP contribution in [-0.4, -0.2) is 46.0 Å². The third-order valence-corrected chi connectivity index (χ3v) is 3.29. The van der Waals surface area contributed by atoms with E-state index in [1.165, 1.54) is 18.8 Å². The summed E-state index contributed by atoms with van der Waals surface area (Å²) in [7, 11) is 1.46. The number of carbonyl (C=O) groups excluding carboxylic acids is 2. The molecule has 1 saturated heterocycles. The van der Waals surface area contributed by atoms with E-state index in [1.54, 1.807) is 6.07 Å². The molecule has 0 radical (unpaired) electrons. The maximum absolute atomic E-state index is 11.8. The minimum atomic E-state index is -0.590. The Morgan fingerprint density at radius 3 is 2.63 bits per heavy atom. The summed E-state index contributed by atoms with van der Waals surface area (Å²) in [4.78, 5) is 32.6. The molecule has 1 aromatic rings. The number of rotatable bonds is 4. The second-order valence-electron chi connectivity index (χ2n) is 3.96. The first-order valence-corrected chi connectivity index (χ1v) is 6.74. The minimum Gasteiger partial charge on any atom is -0.358 e. The molecular formula is C10H14N6O2S. The molecule has 0 spiro atoms. The molecule has 1 aliphatic rings. The van der Waals surface area contributed by atoms with Crippen LogP contribution in [0.15, 0.2) is 11.2 Å². The molecule has 1 aliphatic heterocycles. The first kappa shape index (κ1) is 13.6. The van der Waals surface area contributed by atoms with Crippen LogP contribution in [0.1, 0.15) is 6.42 Å². The van der Waals surface area contributed by atoms with Gasteiger partial charge in [0.05, 0.1) is 6.42 Å². The van der Waals surface area contributed by atoms with Crippen LogP contribution in [0, 0.1) is 0 Å². The third kappa shape index (κ3) is 2.76. The average molecular weight is 282 g/mol. The third-order valence-electron chi connectivity index (χ3n) is 2.74. The molecule has 1 aromatic heterocycles. The second-order valence-corrected chi connectivity index (χ2v) is 4.73. The van der Waals surface area contributed by atoms with E-state index in [4.69, 9.17) is 5.84 Å². The van der Waals surface area contributed by atoms with Gasteiger partial charge in [-0.15, -0.1) is 0 Å². The number of carbonyl (C=O) groups is 2. The van der Waals surface area contributed by atoms with Crippen molar-refractivity contribution in [1.82, 2.24) is 14.9 Å². The molecule has 9 heteroatoms. The van der Waals surface area contributed by atoms with Gasteiger partial charge in [0, 0.05) is 13.1 Å². The topological polar surface area (TPSA) is 113 Å². The highest BCUT2D eigenvalue weighted by Crippen LogP contribution is 2.20. The quantitative estimate of drug-likeness (QED) is 0.226. The Bertz CT molecular complexity index is 500. The molecular weight excluding hydrogens is 268 g/mol. The van der Waals surface area contributed by atoms with E-state index in [0.29, 0.717) is 16.8 Å². The lowest BCUT2D eigenvalue weighted by Gasteiger charge is -2.13. The normalized spacial score (nSPS) is 18.9. The van der Waals surface area contributed by atoms with Crippen LogP contribution < -0.4 is 16.6 Å². The summed E-state index contributed by atoms with van der Waals surface area (Å²) >= 11 is 1.35. The number of nitrogens with zero attached hydrogens (tertiary/aromatic N) is 3. The zero-order valence-electron chi connectivity index (χ0n) is 10.5. The molecule has 2 amide bonds. The molecule has 4 N–H and O–H groups in total. The SMILES string of the molecule is CSc1nc(NN)cc(NC2CC(=O)N(C)C2=O)n1. The van der Waals surface area contributed by atoms with E-state index in [-0.39, 0.29) is 18.2 Å². The first-order chi connectivity index (χ1) is 9.05. The summed E-state index contributed by atoms with van der Waals surface area (Å²) in [6.07, 6.45) is 1.96. The predicted octanol–water partition coefficient (Wildman–Crippen LogP) is -0.347. The van der Waals surface area contributed by atoms with Crippen molar-refractivity contribution in [3.05, 3.63) is 6.07 Å². The lowest BCUT2D eigenvalue weighted by Crippen LogP contribution is -2.32. The van der Waals surface area contributed by atoms with Gasteiger partial charge in [0.15, 0.2) is 5.16 Å². The van der Waals surface area contributed by atoms with Crippen molar-refractivity contribution < 1.29 is 9.59 Å². The van der Waals surface area contributed by atoms with Gasteiger partial charge in [0.1, 0.15) is 17.7 Å². The predicted molar refractivity (Wildman–Crippen MR) is 71.4 cm³/mol. The van der Waals surface area contributed by atoms with E-state index in [2.05, 4.69) is 20.7 Å². The number of hydrazine groups is 1. The fraction of sp³-hybridized carbons (Fsp3) is 0.400. The van der Waals surface area contributed by atoms with Crippen LogP contribution >= 0.6 is 11.8 Å². The number of hydrogen-bond acceptors (Lipinski definition) is 8. The summed E-state index contributed by atoms with van der Waals surface area (Å²) in [6.45, 7) is 0. The molecule has 2 heterocycles. The van der Waals surface area contributed by atoms with Gasteiger partial charge in [0.25, 0.3) is 5.91 Å². The molecule has 1 atom stereocenters. The summed E-state index contributed by atoms with van der Waals surface area (Å²) in [6, 6.07) is 0.989. The van der Waals surface area contributed by atoms with Crippen molar-refractivity contribution in [3.63, 3.8) is 0 Å². The smallest absolute Gasteiger partial charge is 0.251 e. The van der Waals surface area contributed by atoms with E-state index in [9.17, 15) is 9.59 Å². The molecule has 102 valence electrons. The first-order valence-electron chi connectivity index (χ1n) is 5.51. The number of likely N-dealkylation sites (N-methyl/N-ethyl adjacent to an activating group) is 1. The van der Waals surface area contributed by atoms with Gasteiger partial charge in [-0.1, -0.05) is 11.8 Å². The molecule has 0 aliphatic carbocycles. The van der Waals surface area contributed by atoms with Gasteiger partial charge >= 0.3 is 0 Å². The summed E-state index contributed by atoms with van der Waals surface area (Å²) in [5.74, 6) is 5.73. The number of anilines is 2. The van der Waals surface area contributed by atoms with Gasteiger partial charge in [0.2, 0.25) is 5.91 Å². The number of aromatic nitrogens is 2. The monoisotopic (exact) mass is 282 g/mol. The van der Waals surface area contributed by atoms with E-state index >= 15 is 0 Å². The highest BCUT2D eigenvalue weighted by Gasteiger charge is 2.36. The zero-order valence-corrected chi connectivity index (χ0v) is 11.3. The number of nitrogens with one attached hydrogen (secondary N) is 2. The van der Waals surface area contributed by atoms with Gasteiger partial charge < -0.3 is 10.7 Å². The summed E-state index contributed by atoms with van der Waals surface area (Å²) < 4.78 is 0. The van der Waals surface area contributed by atoms with Crippen LogP contribution in [0.4, 0.5) is 11.6 Å². The number of hydrogen-bond donors (Lipinski definition) is 3. The number of nitrogen functional groups attached to an aromatic ring is 1. The fourth-order valence-electron chi connectivity index (χ4n) is 1.71. The van der Waals surface area contributed by atoms with E-state index < -0.39 is 6.04 Å². The Balaban J connectivity index is 2.19. The Labute approximate surface area is 114 Å². The standard InChI is InChI=1S/C10H14N6O2S/c1-16-8(17)3-5(9(16)18)12-6-4-7(15-11)14-10(13-6)19-2/h4-5H,3,11H2,1-2H3,(H2,12,13,14,15). The lowest BCUT2D eigenvalue weighted by atomic mass is 10.2. The lowest BCUT2D eigenvalue weighted by molar-refractivity contribution is -0.136. The van der Waals surface area contributed by atoms with Crippen LogP contribution in [0.3, 0.4) is 0 Å². The molecule has 8 nitrogen and oxygen atoms in total. The van der Waals surface area contributed by atoms with Gasteiger partial charge in [-0.2, -0.15) is 0 Å². The molecule has 1 fully saturated rings. The van der Waals surface area contributed by atoms with Gasteiger partial charge in [-0.3, -0.25) is 14.5 Å². The number of nitrogens with two attached hydrogens (primary N) is 1. The van der Waals surface area contributed by atoms with Crippen molar-refractivity contribution >= 4 is 35.2 Å². The molecule has 0 bridgehead atoms. The number of amides is 2. The Morgan fingerprint density at radius 2 is 2.11 bits per heavy atom. The summed E-state index contributed by atoms with van der Waals surface area (Å²) in [5.41, 5.74) is 2.43. The van der Waals surface area contributed by atoms with Crippen molar-refractivity contribution in [1.29, 1.82) is 0 Å². The van der Waals surface area contributed by atoms with Crippen LogP contribution in [-0.2, 0) is 9.59 Å². The van der Waals surface area contributed by atoms with Crippen molar-refractivity contribution in [2.75, 3.05) is 24.0 Å². The minimum absolute atomic E-state index is 0.124. The van der Waals surface area contributed by atoms with Crippen LogP contribution in [0.5, 0.6) is 0 Å². The van der Waals surface area contributed by atoms with Crippen molar-refractivity contribution in [2.24, 2.45) is 5.84 Å². The van der Waals surface area contributed by atoms with Gasteiger partial charge in [-0.05, 0) is 6.26 Å². The molecule has 2 rings (SSSR count). The summed E-state index contributed by atoms with van der Waals surface area (Å²) in [5, 5.41) is 3.45. The zero-order chi connectivity index (χ0) is 14.0. The van der Waals surface area contributed by atoms with Crippen LogP contribution in [0.2, 0.25) is 0 Å². The highest BCUT2D eigenvalue weighted by atomic mass is 32.2. The number of thioether (sulfide) groups is 1. The number of imide groups is 1. The average Bonchev–Trinajstić information content (AvgIpc) is 2.65. The Kier molecular flexibility index (Phi) is 3.86. The second kappa shape index (κ2) is 5.41. The number of likely N-dealkylation sites (tertiary alicyclic amines) is 1. The fourth-order valence-corrected chi connectivity index (χ4v) is 2.09. The van der Waals surface area contributed by atoms with E-state index in [0.717, 1.165) is 4.90 Å². The maximum Gasteiger partial charge on any atom is 0.251 e. The largest absolute Gasteiger partial charge is 0.358 e. The van der Waals surface area contributed by atoms with Crippen molar-refractivity contribution in [2.45, 2.75) is 17.6 Å². The Morgan fingerprint density at radius 1 is 1.42 bits per heavy atom. The maximum atomic E-state index is 11.8. The van der Waals surface area contributed by atoms with Crippen LogP contribution in [0.25, 0.3) is 0 Å². The molecule has 0 aromatic carbocycles. The van der Waals surface area contributed by atoms with Gasteiger partial charge in [-0.25, -0.2) is 15.8 Å². The highest BCUT2D eigenvalue weighted by molar-refractivity contribution is 7.98. The molecule has 0 saturated carbocycles. The molecule has 19 heavy (non-hydrogen) atoms. The van der Waals surface area contributed by atoms with E-state index in [1.807, 2.05) is 6.26 Å². The molecule has 1 unspecified atom stereocenters. The van der Waals surface area contributed by atoms with Crippen molar-refractivity contribution in [3.8, 4) is 0 Å². The Hall–Kier alpha value is -1.87.